The van der Waals surface area contributed by atoms with E-state index in [-0.39, 0.29) is 5.91 Å². The second-order valence-electron chi connectivity index (χ2n) is 3.76. The number of fused-ring (bicyclic) bond motifs is 2. The molecule has 14 heavy (non-hydrogen) atoms. The molecule has 2 rings (SSSR count). The van der Waals surface area contributed by atoms with Crippen LogP contribution in [0.25, 0.3) is 0 Å². The zero-order valence-electron chi connectivity index (χ0n) is 8.29. The summed E-state index contributed by atoms with van der Waals surface area (Å²) in [6.07, 6.45) is 0. The maximum absolute atomic E-state index is 11.7. The fourth-order valence-corrected chi connectivity index (χ4v) is 1.74. The minimum Gasteiger partial charge on any atom is -0.330 e. The van der Waals surface area contributed by atoms with Crippen molar-refractivity contribution < 1.29 is 4.79 Å². The Balaban J connectivity index is 2.22. The lowest BCUT2D eigenvalue weighted by Gasteiger charge is -2.27. The molecule has 0 saturated carbocycles. The third-order valence-corrected chi connectivity index (χ3v) is 2.39. The van der Waals surface area contributed by atoms with Gasteiger partial charge in [-0.1, -0.05) is 30.8 Å². The Kier molecular flexibility index (Phi) is 2.12. The molecule has 1 aliphatic heterocycles. The topological polar surface area (TPSA) is 20.3 Å². The first kappa shape index (κ1) is 9.00. The maximum atomic E-state index is 11.7. The van der Waals surface area contributed by atoms with Crippen LogP contribution in [-0.2, 0) is 17.9 Å². The van der Waals surface area contributed by atoms with Crippen LogP contribution in [-0.4, -0.2) is 10.8 Å². The predicted molar refractivity (Wildman–Crippen MR) is 55.5 cm³/mol. The Labute approximate surface area is 83.8 Å². The van der Waals surface area contributed by atoms with Gasteiger partial charge in [-0.05, 0) is 18.1 Å². The predicted octanol–water partition coefficient (Wildman–Crippen LogP) is 2.10. The van der Waals surface area contributed by atoms with Gasteiger partial charge < -0.3 is 4.90 Å². The third-order valence-electron chi connectivity index (χ3n) is 2.39. The minimum atomic E-state index is 0.0526. The van der Waals surface area contributed by atoms with Crippen LogP contribution in [0.1, 0.15) is 18.1 Å². The van der Waals surface area contributed by atoms with Gasteiger partial charge in [0.2, 0.25) is 5.91 Å². The highest BCUT2D eigenvalue weighted by Crippen LogP contribution is 2.19. The van der Waals surface area contributed by atoms with E-state index in [1.165, 1.54) is 11.1 Å². The SMILES string of the molecule is C=C(C)C(=O)N1Cc2cccc(c2)C1. The Morgan fingerprint density at radius 2 is 1.93 bits per heavy atom. The van der Waals surface area contributed by atoms with Gasteiger partial charge in [0.05, 0.1) is 0 Å². The molecule has 0 radical (unpaired) electrons. The molecule has 0 N–H and O–H groups in total. The quantitative estimate of drug-likeness (QED) is 0.616. The van der Waals surface area contributed by atoms with Crippen LogP contribution in [0.3, 0.4) is 0 Å². The normalized spacial score (nSPS) is 13.9. The zero-order valence-corrected chi connectivity index (χ0v) is 8.29. The summed E-state index contributed by atoms with van der Waals surface area (Å²) in [5.74, 6) is 0.0526. The summed E-state index contributed by atoms with van der Waals surface area (Å²) in [5, 5.41) is 0. The van der Waals surface area contributed by atoms with Crippen LogP contribution in [0, 0.1) is 0 Å². The van der Waals surface area contributed by atoms with Gasteiger partial charge in [0, 0.05) is 18.7 Å². The Bertz CT molecular complexity index is 374. The Morgan fingerprint density at radius 3 is 2.43 bits per heavy atom. The van der Waals surface area contributed by atoms with E-state index >= 15 is 0 Å². The van der Waals surface area contributed by atoms with Crippen molar-refractivity contribution in [2.75, 3.05) is 0 Å². The van der Waals surface area contributed by atoms with Gasteiger partial charge in [0.1, 0.15) is 0 Å². The van der Waals surface area contributed by atoms with Crippen molar-refractivity contribution in [1.82, 2.24) is 4.90 Å². The van der Waals surface area contributed by atoms with Crippen LogP contribution < -0.4 is 0 Å². The molecule has 0 fully saturated rings. The second-order valence-corrected chi connectivity index (χ2v) is 3.76. The molecular weight excluding hydrogens is 174 g/mol. The van der Waals surface area contributed by atoms with Crippen molar-refractivity contribution >= 4 is 5.91 Å². The van der Waals surface area contributed by atoms with Gasteiger partial charge in [-0.15, -0.1) is 0 Å². The Morgan fingerprint density at radius 1 is 1.36 bits per heavy atom. The minimum absolute atomic E-state index is 0.0526. The lowest BCUT2D eigenvalue weighted by Crippen LogP contribution is -2.32. The van der Waals surface area contributed by atoms with Crippen LogP contribution in [0.15, 0.2) is 36.4 Å². The van der Waals surface area contributed by atoms with Gasteiger partial charge in [-0.2, -0.15) is 0 Å². The summed E-state index contributed by atoms with van der Waals surface area (Å²) in [5.41, 5.74) is 3.00. The van der Waals surface area contributed by atoms with Crippen LogP contribution in [0.2, 0.25) is 0 Å². The number of carbonyl (C=O) groups excluding carboxylic acids is 1. The van der Waals surface area contributed by atoms with Crippen molar-refractivity contribution in [2.24, 2.45) is 0 Å². The fourth-order valence-electron chi connectivity index (χ4n) is 1.74. The number of hydrogen-bond donors (Lipinski definition) is 0. The van der Waals surface area contributed by atoms with Crippen LogP contribution >= 0.6 is 0 Å². The molecule has 0 saturated heterocycles. The zero-order chi connectivity index (χ0) is 10.1. The molecule has 1 aromatic carbocycles. The van der Waals surface area contributed by atoms with E-state index in [4.69, 9.17) is 0 Å². The van der Waals surface area contributed by atoms with Crippen LogP contribution in [0.4, 0.5) is 0 Å². The van der Waals surface area contributed by atoms with Crippen LogP contribution in [0.5, 0.6) is 0 Å². The molecule has 2 nitrogen and oxygen atoms in total. The number of nitrogens with zero attached hydrogens (tertiary/aromatic N) is 1. The van der Waals surface area contributed by atoms with Gasteiger partial charge >= 0.3 is 0 Å². The molecule has 1 aliphatic rings. The monoisotopic (exact) mass is 187 g/mol. The van der Waals surface area contributed by atoms with Gasteiger partial charge in [-0.3, -0.25) is 4.79 Å². The van der Waals surface area contributed by atoms with E-state index in [2.05, 4.69) is 12.6 Å². The standard InChI is InChI=1S/C12H13NO/c1-9(2)12(14)13-7-10-4-3-5-11(6-10)8-13/h3-6H,1,7-8H2,2H3. The number of rotatable bonds is 1. The molecule has 1 amide bonds. The summed E-state index contributed by atoms with van der Waals surface area (Å²) >= 11 is 0. The van der Waals surface area contributed by atoms with Gasteiger partial charge in [-0.25, -0.2) is 0 Å². The molecule has 72 valence electrons. The van der Waals surface area contributed by atoms with Crippen molar-refractivity contribution in [2.45, 2.75) is 20.0 Å². The largest absolute Gasteiger partial charge is 0.330 e. The molecule has 0 atom stereocenters. The lowest BCUT2D eigenvalue weighted by atomic mass is 10.0. The molecule has 0 spiro atoms. The van der Waals surface area contributed by atoms with Crippen molar-refractivity contribution in [3.05, 3.63) is 47.5 Å². The van der Waals surface area contributed by atoms with E-state index in [9.17, 15) is 4.79 Å². The summed E-state index contributed by atoms with van der Waals surface area (Å²) in [4.78, 5) is 13.5. The molecule has 2 bridgehead atoms. The second kappa shape index (κ2) is 3.29. The highest BCUT2D eigenvalue weighted by molar-refractivity contribution is 5.92. The van der Waals surface area contributed by atoms with Crippen molar-refractivity contribution in [1.29, 1.82) is 0 Å². The van der Waals surface area contributed by atoms with E-state index in [1.54, 1.807) is 6.92 Å². The molecule has 1 aromatic rings. The number of hydrogen-bond acceptors (Lipinski definition) is 1. The number of carbonyl (C=O) groups is 1. The molecule has 0 aliphatic carbocycles. The van der Waals surface area contributed by atoms with E-state index < -0.39 is 0 Å². The summed E-state index contributed by atoms with van der Waals surface area (Å²) < 4.78 is 0. The highest BCUT2D eigenvalue weighted by atomic mass is 16.2. The summed E-state index contributed by atoms with van der Waals surface area (Å²) in [6.45, 7) is 6.85. The summed E-state index contributed by atoms with van der Waals surface area (Å²) in [6, 6.07) is 8.26. The van der Waals surface area contributed by atoms with E-state index in [0.29, 0.717) is 18.7 Å². The highest BCUT2D eigenvalue weighted by Gasteiger charge is 2.18. The van der Waals surface area contributed by atoms with E-state index in [1.807, 2.05) is 23.1 Å². The molecular formula is C12H13NO. The fraction of sp³-hybridized carbons (Fsp3) is 0.250. The molecule has 0 aromatic heterocycles. The van der Waals surface area contributed by atoms with Crippen molar-refractivity contribution in [3.8, 4) is 0 Å². The lowest BCUT2D eigenvalue weighted by molar-refractivity contribution is -0.128. The average Bonchev–Trinajstić information content (AvgIpc) is 2.15. The maximum Gasteiger partial charge on any atom is 0.249 e. The first-order valence-electron chi connectivity index (χ1n) is 4.69. The molecule has 2 heteroatoms. The first-order chi connectivity index (χ1) is 6.66. The first-order valence-corrected chi connectivity index (χ1v) is 4.69. The van der Waals surface area contributed by atoms with E-state index in [0.717, 1.165) is 0 Å². The molecule has 1 heterocycles. The molecule has 0 unspecified atom stereocenters. The average molecular weight is 187 g/mol. The smallest absolute Gasteiger partial charge is 0.249 e. The van der Waals surface area contributed by atoms with Gasteiger partial charge in [0.15, 0.2) is 0 Å². The Hall–Kier alpha value is -1.57. The number of amides is 1. The third kappa shape index (κ3) is 1.55. The van der Waals surface area contributed by atoms with Crippen molar-refractivity contribution in [3.63, 3.8) is 0 Å². The summed E-state index contributed by atoms with van der Waals surface area (Å²) in [7, 11) is 0. The number of benzene rings is 1. The van der Waals surface area contributed by atoms with Gasteiger partial charge in [0.25, 0.3) is 0 Å².